The van der Waals surface area contributed by atoms with Gasteiger partial charge in [-0.3, -0.25) is 0 Å². The minimum absolute atomic E-state index is 0.0434. The number of halogens is 2. The number of ether oxygens (including phenoxy) is 1. The summed E-state index contributed by atoms with van der Waals surface area (Å²) in [6.45, 7) is 0.739. The van der Waals surface area contributed by atoms with E-state index in [0.717, 1.165) is 12.1 Å². The molecule has 1 rings (SSSR count). The van der Waals surface area contributed by atoms with Crippen molar-refractivity contribution in [3.8, 4) is 5.75 Å². The van der Waals surface area contributed by atoms with E-state index in [0.29, 0.717) is 12.2 Å². The fraction of sp³-hybridized carbons (Fsp3) is 0.455. The van der Waals surface area contributed by atoms with Gasteiger partial charge in [0.2, 0.25) is 0 Å². The molecule has 1 aromatic carbocycles. The van der Waals surface area contributed by atoms with Crippen molar-refractivity contribution in [2.24, 2.45) is 0 Å². The maximum Gasteiger partial charge on any atom is 0.263 e. The van der Waals surface area contributed by atoms with Crippen LogP contribution >= 0.6 is 0 Å². The lowest BCUT2D eigenvalue weighted by molar-refractivity contribution is 0.151. The molecular formula is C11H15F2NO. The first-order valence-corrected chi connectivity index (χ1v) is 4.78. The number of likely N-dealkylation sites (N-methyl/N-ethyl adjacent to an activating group) is 1. The average Bonchev–Trinajstić information content (AvgIpc) is 2.25. The normalized spacial score (nSPS) is 10.7. The Morgan fingerprint density at radius 2 is 2.13 bits per heavy atom. The van der Waals surface area contributed by atoms with Crippen LogP contribution < -0.4 is 10.1 Å². The number of alkyl halides is 2. The molecule has 2 nitrogen and oxygen atoms in total. The Morgan fingerprint density at radius 3 is 2.67 bits per heavy atom. The monoisotopic (exact) mass is 215 g/mol. The summed E-state index contributed by atoms with van der Waals surface area (Å²) in [7, 11) is 3.36. The lowest BCUT2D eigenvalue weighted by Gasteiger charge is -2.10. The number of benzene rings is 1. The molecule has 0 aliphatic heterocycles. The Kier molecular flexibility index (Phi) is 4.49. The van der Waals surface area contributed by atoms with Gasteiger partial charge >= 0.3 is 0 Å². The predicted molar refractivity (Wildman–Crippen MR) is 55.6 cm³/mol. The highest BCUT2D eigenvalue weighted by Crippen LogP contribution is 2.26. The van der Waals surface area contributed by atoms with Crippen LogP contribution in [0.5, 0.6) is 5.75 Å². The summed E-state index contributed by atoms with van der Waals surface area (Å²) in [4.78, 5) is 0. The summed E-state index contributed by atoms with van der Waals surface area (Å²) in [6, 6.07) is 4.49. The van der Waals surface area contributed by atoms with Crippen LogP contribution in [-0.2, 0) is 6.42 Å². The summed E-state index contributed by atoms with van der Waals surface area (Å²) in [5.74, 6) is 0.662. The molecule has 0 heterocycles. The van der Waals surface area contributed by atoms with Crippen LogP contribution in [0.4, 0.5) is 8.78 Å². The van der Waals surface area contributed by atoms with Crippen LogP contribution in [-0.4, -0.2) is 20.7 Å². The molecule has 0 bridgehead atoms. The molecule has 0 amide bonds. The topological polar surface area (TPSA) is 21.3 Å². The highest BCUT2D eigenvalue weighted by molar-refractivity contribution is 5.38. The van der Waals surface area contributed by atoms with Gasteiger partial charge in [-0.25, -0.2) is 8.78 Å². The van der Waals surface area contributed by atoms with E-state index < -0.39 is 6.43 Å². The van der Waals surface area contributed by atoms with Gasteiger partial charge < -0.3 is 10.1 Å². The van der Waals surface area contributed by atoms with E-state index in [1.54, 1.807) is 13.2 Å². The van der Waals surface area contributed by atoms with Crippen LogP contribution in [0.3, 0.4) is 0 Å². The Balaban J connectivity index is 2.91. The molecule has 0 saturated heterocycles. The van der Waals surface area contributed by atoms with E-state index in [1.165, 1.54) is 12.1 Å². The average molecular weight is 215 g/mol. The third kappa shape index (κ3) is 3.16. The van der Waals surface area contributed by atoms with E-state index in [1.807, 2.05) is 7.05 Å². The Bertz CT molecular complexity index is 315. The van der Waals surface area contributed by atoms with Gasteiger partial charge in [0, 0.05) is 5.56 Å². The number of hydrogen-bond donors (Lipinski definition) is 1. The maximum atomic E-state index is 12.4. The second kappa shape index (κ2) is 5.66. The molecule has 0 fully saturated rings. The molecular weight excluding hydrogens is 200 g/mol. The predicted octanol–water partition coefficient (Wildman–Crippen LogP) is 2.39. The second-order valence-electron chi connectivity index (χ2n) is 3.23. The molecule has 0 radical (unpaired) electrons. The molecule has 84 valence electrons. The van der Waals surface area contributed by atoms with Gasteiger partial charge in [0.05, 0.1) is 7.11 Å². The summed E-state index contributed by atoms with van der Waals surface area (Å²) in [6.07, 6.45) is -1.75. The van der Waals surface area contributed by atoms with Gasteiger partial charge in [-0.1, -0.05) is 0 Å². The number of nitrogens with one attached hydrogen (secondary N) is 1. The maximum absolute atomic E-state index is 12.4. The number of rotatable bonds is 5. The van der Waals surface area contributed by atoms with Crippen molar-refractivity contribution in [2.45, 2.75) is 12.8 Å². The van der Waals surface area contributed by atoms with E-state index in [4.69, 9.17) is 4.74 Å². The molecule has 0 aromatic heterocycles. The summed E-state index contributed by atoms with van der Waals surface area (Å²) >= 11 is 0. The molecule has 0 spiro atoms. The number of methoxy groups -OCH3 is 1. The van der Waals surface area contributed by atoms with Crippen molar-refractivity contribution in [3.63, 3.8) is 0 Å². The SMILES string of the molecule is CNCCc1cc(C(F)F)ccc1OC. The molecule has 0 saturated carbocycles. The van der Waals surface area contributed by atoms with Crippen molar-refractivity contribution in [2.75, 3.05) is 20.7 Å². The lowest BCUT2D eigenvalue weighted by atomic mass is 10.1. The third-order valence-corrected chi connectivity index (χ3v) is 2.20. The first kappa shape index (κ1) is 11.9. The second-order valence-corrected chi connectivity index (χ2v) is 3.23. The van der Waals surface area contributed by atoms with Gasteiger partial charge in [-0.2, -0.15) is 0 Å². The van der Waals surface area contributed by atoms with Crippen molar-refractivity contribution in [1.82, 2.24) is 5.32 Å². The first-order chi connectivity index (χ1) is 7.19. The standard InChI is InChI=1S/C11H15F2NO/c1-14-6-5-8-7-9(11(12)13)3-4-10(8)15-2/h3-4,7,11,14H,5-6H2,1-2H3. The smallest absolute Gasteiger partial charge is 0.263 e. The lowest BCUT2D eigenvalue weighted by Crippen LogP contribution is -2.11. The zero-order valence-electron chi connectivity index (χ0n) is 8.89. The van der Waals surface area contributed by atoms with E-state index in [-0.39, 0.29) is 5.56 Å². The highest BCUT2D eigenvalue weighted by Gasteiger charge is 2.10. The van der Waals surface area contributed by atoms with Gasteiger partial charge in [0.15, 0.2) is 0 Å². The molecule has 4 heteroatoms. The molecule has 15 heavy (non-hydrogen) atoms. The molecule has 0 aliphatic rings. The number of hydrogen-bond acceptors (Lipinski definition) is 2. The van der Waals surface area contributed by atoms with Crippen LogP contribution in [0.2, 0.25) is 0 Å². The van der Waals surface area contributed by atoms with Gasteiger partial charge in [-0.15, -0.1) is 0 Å². The highest BCUT2D eigenvalue weighted by atomic mass is 19.3. The summed E-state index contributed by atoms with van der Waals surface area (Å²) in [5.41, 5.74) is 0.853. The zero-order chi connectivity index (χ0) is 11.3. The van der Waals surface area contributed by atoms with Crippen molar-refractivity contribution < 1.29 is 13.5 Å². The van der Waals surface area contributed by atoms with E-state index >= 15 is 0 Å². The molecule has 1 aromatic rings. The fourth-order valence-corrected chi connectivity index (χ4v) is 1.39. The first-order valence-electron chi connectivity index (χ1n) is 4.78. The largest absolute Gasteiger partial charge is 0.496 e. The van der Waals surface area contributed by atoms with Crippen molar-refractivity contribution in [1.29, 1.82) is 0 Å². The Morgan fingerprint density at radius 1 is 1.40 bits per heavy atom. The molecule has 0 atom stereocenters. The van der Waals surface area contributed by atoms with Crippen LogP contribution in [0.15, 0.2) is 18.2 Å². The van der Waals surface area contributed by atoms with Gasteiger partial charge in [0.1, 0.15) is 5.75 Å². The Hall–Kier alpha value is -1.16. The Labute approximate surface area is 88.3 Å². The minimum Gasteiger partial charge on any atom is -0.496 e. The summed E-state index contributed by atoms with van der Waals surface area (Å²) in [5, 5.41) is 2.97. The van der Waals surface area contributed by atoms with Gasteiger partial charge in [0.25, 0.3) is 6.43 Å². The molecule has 1 N–H and O–H groups in total. The molecule has 0 aliphatic carbocycles. The van der Waals surface area contributed by atoms with Crippen molar-refractivity contribution >= 4 is 0 Å². The zero-order valence-corrected chi connectivity index (χ0v) is 8.89. The third-order valence-electron chi connectivity index (χ3n) is 2.20. The summed E-state index contributed by atoms with van der Waals surface area (Å²) < 4.78 is 30.0. The van der Waals surface area contributed by atoms with E-state index in [9.17, 15) is 8.78 Å². The van der Waals surface area contributed by atoms with Crippen LogP contribution in [0.25, 0.3) is 0 Å². The van der Waals surface area contributed by atoms with Crippen LogP contribution in [0.1, 0.15) is 17.6 Å². The van der Waals surface area contributed by atoms with Crippen LogP contribution in [0, 0.1) is 0 Å². The van der Waals surface area contributed by atoms with E-state index in [2.05, 4.69) is 5.32 Å². The van der Waals surface area contributed by atoms with Crippen molar-refractivity contribution in [3.05, 3.63) is 29.3 Å². The minimum atomic E-state index is -2.43. The van der Waals surface area contributed by atoms with Gasteiger partial charge in [-0.05, 0) is 43.8 Å². The fourth-order valence-electron chi connectivity index (χ4n) is 1.39. The molecule has 0 unspecified atom stereocenters. The quantitative estimate of drug-likeness (QED) is 0.814.